The van der Waals surface area contributed by atoms with E-state index in [0.29, 0.717) is 5.92 Å². The summed E-state index contributed by atoms with van der Waals surface area (Å²) in [5, 5.41) is 7.79. The minimum atomic E-state index is -0.0171. The molecule has 6 nitrogen and oxygen atoms in total. The molecule has 3 N–H and O–H groups in total. The van der Waals surface area contributed by atoms with Gasteiger partial charge in [0, 0.05) is 26.0 Å². The van der Waals surface area contributed by atoms with E-state index in [1.807, 2.05) is 6.07 Å². The summed E-state index contributed by atoms with van der Waals surface area (Å²) in [6.07, 6.45) is 7.50. The maximum absolute atomic E-state index is 6.09. The fourth-order valence-corrected chi connectivity index (χ4v) is 3.43. The first kappa shape index (κ1) is 13.9. The highest BCUT2D eigenvalue weighted by molar-refractivity contribution is 5.13. The predicted molar refractivity (Wildman–Crippen MR) is 73.6 cm³/mol. The van der Waals surface area contributed by atoms with E-state index in [2.05, 4.69) is 15.6 Å². The van der Waals surface area contributed by atoms with E-state index in [9.17, 15) is 0 Å². The Kier molecular flexibility index (Phi) is 4.26. The van der Waals surface area contributed by atoms with Gasteiger partial charge in [0.05, 0.1) is 17.8 Å². The average molecular weight is 278 g/mol. The lowest BCUT2D eigenvalue weighted by atomic mass is 9.76. The van der Waals surface area contributed by atoms with Gasteiger partial charge in [-0.3, -0.25) is 11.3 Å². The first-order chi connectivity index (χ1) is 9.83. The van der Waals surface area contributed by atoms with Crippen LogP contribution >= 0.6 is 0 Å². The van der Waals surface area contributed by atoms with Gasteiger partial charge in [0.2, 0.25) is 0 Å². The van der Waals surface area contributed by atoms with Gasteiger partial charge in [-0.2, -0.15) is 10.2 Å². The maximum atomic E-state index is 6.09. The van der Waals surface area contributed by atoms with Crippen molar-refractivity contribution < 1.29 is 9.47 Å². The van der Waals surface area contributed by atoms with Crippen LogP contribution in [0.2, 0.25) is 0 Å². The number of ether oxygens (including phenoxy) is 2. The van der Waals surface area contributed by atoms with Gasteiger partial charge in [-0.1, -0.05) is 0 Å². The maximum Gasteiger partial charge on any atom is 0.0729 e. The summed E-state index contributed by atoms with van der Waals surface area (Å²) in [7, 11) is 0. The second-order valence-corrected chi connectivity index (χ2v) is 5.72. The van der Waals surface area contributed by atoms with Crippen molar-refractivity contribution in [2.24, 2.45) is 11.8 Å². The molecule has 1 aromatic rings. The first-order valence-corrected chi connectivity index (χ1v) is 7.27. The average Bonchev–Trinajstić information content (AvgIpc) is 2.50. The molecule has 2 aliphatic rings. The lowest BCUT2D eigenvalue weighted by molar-refractivity contribution is -0.150. The van der Waals surface area contributed by atoms with Crippen LogP contribution in [-0.2, 0) is 9.47 Å². The van der Waals surface area contributed by atoms with Crippen molar-refractivity contribution in [2.45, 2.75) is 37.3 Å². The predicted octanol–water partition coefficient (Wildman–Crippen LogP) is 0.957. The molecule has 3 rings (SSSR count). The van der Waals surface area contributed by atoms with E-state index in [1.54, 1.807) is 12.4 Å². The smallest absolute Gasteiger partial charge is 0.0729 e. The fourth-order valence-electron chi connectivity index (χ4n) is 3.43. The van der Waals surface area contributed by atoms with Crippen LogP contribution in [0.5, 0.6) is 0 Å². The summed E-state index contributed by atoms with van der Waals surface area (Å²) in [6, 6.07) is 2.08. The number of nitrogens with one attached hydrogen (secondary N) is 1. The Bertz CT molecular complexity index is 417. The molecule has 2 saturated heterocycles. The second-order valence-electron chi connectivity index (χ2n) is 5.72. The lowest BCUT2D eigenvalue weighted by Gasteiger charge is -2.45. The van der Waals surface area contributed by atoms with Crippen LogP contribution in [0, 0.1) is 5.92 Å². The monoisotopic (exact) mass is 278 g/mol. The van der Waals surface area contributed by atoms with Gasteiger partial charge < -0.3 is 9.47 Å². The first-order valence-electron chi connectivity index (χ1n) is 7.27. The zero-order valence-electron chi connectivity index (χ0n) is 11.6. The molecule has 1 aromatic heterocycles. The number of hydrogen-bond donors (Lipinski definition) is 2. The fraction of sp³-hybridized carbons (Fsp3) is 0.714. The molecule has 2 unspecified atom stereocenters. The Morgan fingerprint density at radius 1 is 1.30 bits per heavy atom. The summed E-state index contributed by atoms with van der Waals surface area (Å²) < 4.78 is 11.6. The Labute approximate surface area is 119 Å². The molecule has 2 aliphatic heterocycles. The highest BCUT2D eigenvalue weighted by atomic mass is 16.5. The molecule has 3 heterocycles. The molecule has 0 bridgehead atoms. The molecular formula is C14H22N4O2. The summed E-state index contributed by atoms with van der Waals surface area (Å²) in [5.41, 5.74) is 4.03. The normalized spacial score (nSPS) is 27.4. The topological polar surface area (TPSA) is 82.3 Å². The van der Waals surface area contributed by atoms with E-state index in [1.165, 1.54) is 0 Å². The molecular weight excluding hydrogens is 256 g/mol. The summed E-state index contributed by atoms with van der Waals surface area (Å²) in [4.78, 5) is 0. The van der Waals surface area contributed by atoms with Crippen molar-refractivity contribution in [2.75, 3.05) is 19.8 Å². The largest absolute Gasteiger partial charge is 0.381 e. The van der Waals surface area contributed by atoms with E-state index in [0.717, 1.165) is 51.1 Å². The Morgan fingerprint density at radius 3 is 2.85 bits per heavy atom. The number of nitrogens with two attached hydrogens (primary N) is 1. The van der Waals surface area contributed by atoms with E-state index in [4.69, 9.17) is 15.3 Å². The number of rotatable bonds is 3. The van der Waals surface area contributed by atoms with Gasteiger partial charge in [-0.05, 0) is 43.2 Å². The Hall–Kier alpha value is -1.08. The molecule has 20 heavy (non-hydrogen) atoms. The SMILES string of the molecule is NNC(c1ccnnc1)C1CCOC2(CCOCC2)C1. The second kappa shape index (κ2) is 6.13. The molecule has 1 spiro atoms. The van der Waals surface area contributed by atoms with E-state index in [-0.39, 0.29) is 11.6 Å². The quantitative estimate of drug-likeness (QED) is 0.633. The third kappa shape index (κ3) is 2.83. The third-order valence-corrected chi connectivity index (χ3v) is 4.55. The number of hydrazine groups is 1. The standard InChI is InChI=1S/C14H22N4O2/c15-18-13(12-1-5-16-17-10-12)11-2-6-20-14(9-11)3-7-19-8-4-14/h1,5,10-11,13,18H,2-4,6-9,15H2. The molecule has 0 saturated carbocycles. The number of aromatic nitrogens is 2. The van der Waals surface area contributed by atoms with Crippen LogP contribution in [0.3, 0.4) is 0 Å². The third-order valence-electron chi connectivity index (χ3n) is 4.55. The summed E-state index contributed by atoms with van der Waals surface area (Å²) in [5.74, 6) is 6.24. The van der Waals surface area contributed by atoms with Crippen LogP contribution in [0.25, 0.3) is 0 Å². The van der Waals surface area contributed by atoms with Crippen molar-refractivity contribution in [1.82, 2.24) is 15.6 Å². The van der Waals surface area contributed by atoms with Crippen molar-refractivity contribution in [1.29, 1.82) is 0 Å². The zero-order chi connectivity index (χ0) is 13.8. The van der Waals surface area contributed by atoms with Crippen LogP contribution in [0.4, 0.5) is 0 Å². The van der Waals surface area contributed by atoms with Crippen molar-refractivity contribution in [3.8, 4) is 0 Å². The number of nitrogens with zero attached hydrogens (tertiary/aromatic N) is 2. The molecule has 2 fully saturated rings. The Morgan fingerprint density at radius 2 is 2.15 bits per heavy atom. The molecule has 0 aliphatic carbocycles. The van der Waals surface area contributed by atoms with Crippen molar-refractivity contribution in [3.63, 3.8) is 0 Å². The van der Waals surface area contributed by atoms with Crippen molar-refractivity contribution in [3.05, 3.63) is 24.0 Å². The Balaban J connectivity index is 1.75. The summed E-state index contributed by atoms with van der Waals surface area (Å²) in [6.45, 7) is 2.38. The van der Waals surface area contributed by atoms with Gasteiger partial charge >= 0.3 is 0 Å². The molecule has 6 heteroatoms. The van der Waals surface area contributed by atoms with Gasteiger partial charge in [-0.25, -0.2) is 0 Å². The van der Waals surface area contributed by atoms with E-state index >= 15 is 0 Å². The minimum Gasteiger partial charge on any atom is -0.381 e. The van der Waals surface area contributed by atoms with Crippen LogP contribution < -0.4 is 11.3 Å². The number of hydrogen-bond acceptors (Lipinski definition) is 6. The molecule has 110 valence electrons. The highest BCUT2D eigenvalue weighted by Gasteiger charge is 2.41. The lowest BCUT2D eigenvalue weighted by Crippen LogP contribution is -2.47. The zero-order valence-corrected chi connectivity index (χ0v) is 11.6. The van der Waals surface area contributed by atoms with E-state index < -0.39 is 0 Å². The van der Waals surface area contributed by atoms with Crippen LogP contribution in [-0.4, -0.2) is 35.6 Å². The summed E-state index contributed by atoms with van der Waals surface area (Å²) >= 11 is 0. The van der Waals surface area contributed by atoms with Crippen molar-refractivity contribution >= 4 is 0 Å². The van der Waals surface area contributed by atoms with Gasteiger partial charge in [0.25, 0.3) is 0 Å². The van der Waals surface area contributed by atoms with Gasteiger partial charge in [0.15, 0.2) is 0 Å². The molecule has 0 aromatic carbocycles. The van der Waals surface area contributed by atoms with Crippen LogP contribution in [0.1, 0.15) is 37.3 Å². The van der Waals surface area contributed by atoms with Gasteiger partial charge in [-0.15, -0.1) is 0 Å². The molecule has 0 radical (unpaired) electrons. The molecule has 2 atom stereocenters. The van der Waals surface area contributed by atoms with Crippen LogP contribution in [0.15, 0.2) is 18.5 Å². The highest BCUT2D eigenvalue weighted by Crippen LogP contribution is 2.41. The minimum absolute atomic E-state index is 0.0171. The molecule has 0 amide bonds. The van der Waals surface area contributed by atoms with Gasteiger partial charge in [0.1, 0.15) is 0 Å².